The summed E-state index contributed by atoms with van der Waals surface area (Å²) in [6.45, 7) is 0.154. The van der Waals surface area contributed by atoms with Crippen molar-refractivity contribution in [2.75, 3.05) is 13.7 Å². The third kappa shape index (κ3) is 5.18. The first-order valence-corrected chi connectivity index (χ1v) is 8.73. The molecule has 0 fully saturated rings. The van der Waals surface area contributed by atoms with Crippen molar-refractivity contribution in [1.29, 1.82) is 5.26 Å². The predicted molar refractivity (Wildman–Crippen MR) is 88.0 cm³/mol. The summed E-state index contributed by atoms with van der Waals surface area (Å²) in [5, 5.41) is 8.86. The lowest BCUT2D eigenvalue weighted by Gasteiger charge is -2.16. The van der Waals surface area contributed by atoms with Crippen molar-refractivity contribution >= 4 is 10.0 Å². The molecule has 0 aliphatic carbocycles. The summed E-state index contributed by atoms with van der Waals surface area (Å²) in [5.41, 5.74) is 1.92. The number of nitrogens with one attached hydrogen (secondary N) is 1. The molecule has 6 heteroatoms. The molecular weight excluding hydrogens is 312 g/mol. The number of ether oxygens (including phenoxy) is 1. The van der Waals surface area contributed by atoms with E-state index in [1.54, 1.807) is 31.4 Å². The SMILES string of the molecule is CO[C@@H](CNS(=O)(=O)Cc1cccc(C#N)c1)c1ccccc1. The molecule has 0 saturated heterocycles. The Bertz CT molecular complexity index is 783. The number of nitrogens with zero attached hydrogens (tertiary/aromatic N) is 1. The number of hydrogen-bond acceptors (Lipinski definition) is 4. The highest BCUT2D eigenvalue weighted by Gasteiger charge is 2.16. The van der Waals surface area contributed by atoms with Crippen molar-refractivity contribution < 1.29 is 13.2 Å². The van der Waals surface area contributed by atoms with Crippen molar-refractivity contribution in [2.45, 2.75) is 11.9 Å². The van der Waals surface area contributed by atoms with Gasteiger partial charge in [0.15, 0.2) is 0 Å². The maximum atomic E-state index is 12.2. The molecule has 0 bridgehead atoms. The molecule has 1 atom stereocenters. The number of hydrogen-bond donors (Lipinski definition) is 1. The average Bonchev–Trinajstić information content (AvgIpc) is 2.56. The van der Waals surface area contributed by atoms with Crippen LogP contribution >= 0.6 is 0 Å². The standard InChI is InChI=1S/C17H18N2O3S/c1-22-17(16-8-3-2-4-9-16)12-19-23(20,21)13-15-7-5-6-14(10-15)11-18/h2-10,17,19H,12-13H2,1H3/t17-/m0/s1. The molecule has 0 aliphatic rings. The molecule has 0 unspecified atom stereocenters. The first kappa shape index (κ1) is 17.2. The lowest BCUT2D eigenvalue weighted by molar-refractivity contribution is 0.107. The highest BCUT2D eigenvalue weighted by atomic mass is 32.2. The van der Waals surface area contributed by atoms with Gasteiger partial charge in [-0.1, -0.05) is 42.5 Å². The Hall–Kier alpha value is -2.20. The third-order valence-corrected chi connectivity index (χ3v) is 4.68. The van der Waals surface area contributed by atoms with Gasteiger partial charge < -0.3 is 4.74 Å². The van der Waals surface area contributed by atoms with Gasteiger partial charge in [0.2, 0.25) is 10.0 Å². The van der Waals surface area contributed by atoms with Crippen molar-refractivity contribution in [3.05, 3.63) is 71.3 Å². The minimum atomic E-state index is -3.51. The van der Waals surface area contributed by atoms with Gasteiger partial charge in [-0.3, -0.25) is 0 Å². The fourth-order valence-electron chi connectivity index (χ4n) is 2.21. The van der Waals surface area contributed by atoms with Gasteiger partial charge in [-0.15, -0.1) is 0 Å². The molecule has 5 nitrogen and oxygen atoms in total. The highest BCUT2D eigenvalue weighted by Crippen LogP contribution is 2.16. The van der Waals surface area contributed by atoms with Crippen LogP contribution < -0.4 is 4.72 Å². The molecule has 0 radical (unpaired) electrons. The Kier molecular flexibility index (Phi) is 5.88. The van der Waals surface area contributed by atoms with E-state index in [4.69, 9.17) is 10.00 Å². The van der Waals surface area contributed by atoms with Gasteiger partial charge in [-0.25, -0.2) is 13.1 Å². The van der Waals surface area contributed by atoms with Crippen LogP contribution in [0.15, 0.2) is 54.6 Å². The smallest absolute Gasteiger partial charge is 0.215 e. The molecule has 1 N–H and O–H groups in total. The second-order valence-electron chi connectivity index (χ2n) is 5.05. The Morgan fingerprint density at radius 1 is 1.17 bits per heavy atom. The molecule has 0 aliphatic heterocycles. The van der Waals surface area contributed by atoms with Gasteiger partial charge in [0.05, 0.1) is 23.5 Å². The Labute approximate surface area is 136 Å². The van der Waals surface area contributed by atoms with Crippen LogP contribution in [0.3, 0.4) is 0 Å². The van der Waals surface area contributed by atoms with E-state index in [2.05, 4.69) is 4.72 Å². The van der Waals surface area contributed by atoms with E-state index >= 15 is 0 Å². The van der Waals surface area contributed by atoms with Crippen molar-refractivity contribution in [2.24, 2.45) is 0 Å². The molecule has 0 saturated carbocycles. The van der Waals surface area contributed by atoms with E-state index in [0.29, 0.717) is 11.1 Å². The van der Waals surface area contributed by atoms with Gasteiger partial charge in [0, 0.05) is 13.7 Å². The van der Waals surface area contributed by atoms with E-state index in [0.717, 1.165) is 5.56 Å². The summed E-state index contributed by atoms with van der Waals surface area (Å²) in [6, 6.07) is 18.0. The Morgan fingerprint density at radius 2 is 1.91 bits per heavy atom. The highest BCUT2D eigenvalue weighted by molar-refractivity contribution is 7.88. The maximum absolute atomic E-state index is 12.2. The first-order valence-electron chi connectivity index (χ1n) is 7.08. The predicted octanol–water partition coefficient (Wildman–Crippen LogP) is 2.37. The van der Waals surface area contributed by atoms with E-state index in [1.807, 2.05) is 36.4 Å². The van der Waals surface area contributed by atoms with Crippen LogP contribution in [0, 0.1) is 11.3 Å². The van der Waals surface area contributed by atoms with Gasteiger partial charge in [-0.2, -0.15) is 5.26 Å². The molecule has 23 heavy (non-hydrogen) atoms. The molecular formula is C17H18N2O3S. The van der Waals surface area contributed by atoms with Gasteiger partial charge in [0.1, 0.15) is 0 Å². The largest absolute Gasteiger partial charge is 0.375 e. The summed E-state index contributed by atoms with van der Waals surface area (Å²) >= 11 is 0. The molecule has 2 aromatic carbocycles. The van der Waals surface area contributed by atoms with E-state index in [9.17, 15) is 8.42 Å². The fourth-order valence-corrected chi connectivity index (χ4v) is 3.33. The third-order valence-electron chi connectivity index (χ3n) is 3.36. The number of rotatable bonds is 7. The lowest BCUT2D eigenvalue weighted by Crippen LogP contribution is -2.30. The summed E-state index contributed by atoms with van der Waals surface area (Å²) in [7, 11) is -1.97. The summed E-state index contributed by atoms with van der Waals surface area (Å²) in [5.74, 6) is -0.173. The first-order chi connectivity index (χ1) is 11.0. The second kappa shape index (κ2) is 7.88. The van der Waals surface area contributed by atoms with E-state index < -0.39 is 10.0 Å². The molecule has 0 heterocycles. The molecule has 0 amide bonds. The maximum Gasteiger partial charge on any atom is 0.215 e. The monoisotopic (exact) mass is 330 g/mol. The van der Waals surface area contributed by atoms with E-state index in [1.165, 1.54) is 0 Å². The van der Waals surface area contributed by atoms with Crippen LogP contribution in [0.5, 0.6) is 0 Å². The number of sulfonamides is 1. The quantitative estimate of drug-likeness (QED) is 0.845. The van der Waals surface area contributed by atoms with Gasteiger partial charge >= 0.3 is 0 Å². The zero-order valence-electron chi connectivity index (χ0n) is 12.8. The average molecular weight is 330 g/mol. The van der Waals surface area contributed by atoms with Crippen LogP contribution in [-0.2, 0) is 20.5 Å². The summed E-state index contributed by atoms with van der Waals surface area (Å²) in [6.07, 6.45) is -0.351. The minimum Gasteiger partial charge on any atom is -0.375 e. The number of benzene rings is 2. The number of nitriles is 1. The molecule has 2 aromatic rings. The second-order valence-corrected chi connectivity index (χ2v) is 6.86. The van der Waals surface area contributed by atoms with Crippen LogP contribution in [0.2, 0.25) is 0 Å². The molecule has 0 spiro atoms. The van der Waals surface area contributed by atoms with Crippen molar-refractivity contribution in [3.63, 3.8) is 0 Å². The zero-order chi connectivity index (χ0) is 16.7. The lowest BCUT2D eigenvalue weighted by atomic mass is 10.1. The van der Waals surface area contributed by atoms with Crippen LogP contribution in [0.1, 0.15) is 22.8 Å². The zero-order valence-corrected chi connectivity index (χ0v) is 13.6. The Balaban J connectivity index is 2.02. The summed E-state index contributed by atoms with van der Waals surface area (Å²) in [4.78, 5) is 0. The molecule has 0 aromatic heterocycles. The number of methoxy groups -OCH3 is 1. The van der Waals surface area contributed by atoms with E-state index in [-0.39, 0.29) is 18.4 Å². The molecule has 120 valence electrons. The minimum absolute atomic E-state index is 0.154. The molecule has 2 rings (SSSR count). The fraction of sp³-hybridized carbons (Fsp3) is 0.235. The van der Waals surface area contributed by atoms with Crippen LogP contribution in [0.25, 0.3) is 0 Å². The Morgan fingerprint density at radius 3 is 2.57 bits per heavy atom. The van der Waals surface area contributed by atoms with Crippen molar-refractivity contribution in [1.82, 2.24) is 4.72 Å². The van der Waals surface area contributed by atoms with Crippen LogP contribution in [0.4, 0.5) is 0 Å². The van der Waals surface area contributed by atoms with Crippen LogP contribution in [-0.4, -0.2) is 22.1 Å². The normalized spacial score (nSPS) is 12.5. The summed E-state index contributed by atoms with van der Waals surface area (Å²) < 4.78 is 32.3. The van der Waals surface area contributed by atoms with Gasteiger partial charge in [-0.05, 0) is 23.3 Å². The van der Waals surface area contributed by atoms with Gasteiger partial charge in [0.25, 0.3) is 0 Å². The topological polar surface area (TPSA) is 79.2 Å². The van der Waals surface area contributed by atoms with Crippen molar-refractivity contribution in [3.8, 4) is 6.07 Å².